The molecule has 2 heteroatoms. The summed E-state index contributed by atoms with van der Waals surface area (Å²) >= 11 is 0. The Labute approximate surface area is 103 Å². The molecule has 0 radical (unpaired) electrons. The molecule has 2 rings (SSSR count). The maximum atomic E-state index is 6.27. The van der Waals surface area contributed by atoms with Crippen molar-refractivity contribution in [2.45, 2.75) is 18.9 Å². The number of hydrogen-bond donors (Lipinski definition) is 2. The summed E-state index contributed by atoms with van der Waals surface area (Å²) in [7, 11) is 1.98. The minimum absolute atomic E-state index is 0.134. The first-order valence-corrected chi connectivity index (χ1v) is 6.21. The van der Waals surface area contributed by atoms with Crippen LogP contribution in [0.5, 0.6) is 0 Å². The van der Waals surface area contributed by atoms with Crippen molar-refractivity contribution in [3.05, 3.63) is 48.0 Å². The molecule has 0 fully saturated rings. The van der Waals surface area contributed by atoms with E-state index in [1.54, 1.807) is 0 Å². The molecule has 0 aliphatic carbocycles. The van der Waals surface area contributed by atoms with E-state index in [0.29, 0.717) is 0 Å². The van der Waals surface area contributed by atoms with Gasteiger partial charge < -0.3 is 11.1 Å². The minimum atomic E-state index is 0.134. The summed E-state index contributed by atoms with van der Waals surface area (Å²) in [5, 5.41) is 5.71. The van der Waals surface area contributed by atoms with Gasteiger partial charge in [0.25, 0.3) is 0 Å². The van der Waals surface area contributed by atoms with E-state index < -0.39 is 0 Å². The molecule has 2 aromatic carbocycles. The molecule has 90 valence electrons. The lowest BCUT2D eigenvalue weighted by molar-refractivity contribution is 0.593. The van der Waals surface area contributed by atoms with Crippen LogP contribution in [-0.4, -0.2) is 13.6 Å². The quantitative estimate of drug-likeness (QED) is 0.772. The second-order valence-corrected chi connectivity index (χ2v) is 4.42. The van der Waals surface area contributed by atoms with E-state index in [2.05, 4.69) is 47.8 Å². The number of nitrogens with two attached hydrogens (primary N) is 1. The van der Waals surface area contributed by atoms with Gasteiger partial charge >= 0.3 is 0 Å². The molecule has 2 aromatic rings. The Morgan fingerprint density at radius 3 is 2.71 bits per heavy atom. The van der Waals surface area contributed by atoms with Gasteiger partial charge in [0.2, 0.25) is 0 Å². The molecule has 1 unspecified atom stereocenters. The molecule has 17 heavy (non-hydrogen) atoms. The average molecular weight is 228 g/mol. The molecule has 0 heterocycles. The molecule has 0 saturated heterocycles. The molecule has 0 aromatic heterocycles. The van der Waals surface area contributed by atoms with Gasteiger partial charge in [-0.15, -0.1) is 0 Å². The molecule has 0 aliphatic heterocycles. The number of hydrogen-bond acceptors (Lipinski definition) is 2. The van der Waals surface area contributed by atoms with Crippen LogP contribution in [0, 0.1) is 0 Å². The van der Waals surface area contributed by atoms with Crippen LogP contribution in [0.25, 0.3) is 10.8 Å². The predicted octanol–water partition coefficient (Wildman–Crippen LogP) is 2.84. The zero-order valence-electron chi connectivity index (χ0n) is 10.3. The van der Waals surface area contributed by atoms with Crippen LogP contribution < -0.4 is 11.1 Å². The lowest BCUT2D eigenvalue weighted by Gasteiger charge is -2.14. The molecule has 3 N–H and O–H groups in total. The third-order valence-corrected chi connectivity index (χ3v) is 3.16. The summed E-state index contributed by atoms with van der Waals surface area (Å²) in [5.41, 5.74) is 7.54. The van der Waals surface area contributed by atoms with Gasteiger partial charge in [-0.1, -0.05) is 42.5 Å². The second-order valence-electron chi connectivity index (χ2n) is 4.42. The monoisotopic (exact) mass is 228 g/mol. The Bertz CT molecular complexity index is 474. The third-order valence-electron chi connectivity index (χ3n) is 3.16. The molecule has 2 nitrogen and oxygen atoms in total. The van der Waals surface area contributed by atoms with Gasteiger partial charge in [-0.25, -0.2) is 0 Å². The molecule has 0 aliphatic rings. The van der Waals surface area contributed by atoms with Gasteiger partial charge in [0.1, 0.15) is 0 Å². The highest BCUT2D eigenvalue weighted by atomic mass is 14.8. The normalized spacial score (nSPS) is 12.8. The van der Waals surface area contributed by atoms with Crippen molar-refractivity contribution in [1.82, 2.24) is 5.32 Å². The van der Waals surface area contributed by atoms with Crippen LogP contribution >= 0.6 is 0 Å². The first kappa shape index (κ1) is 12.1. The average Bonchev–Trinajstić information content (AvgIpc) is 2.38. The highest BCUT2D eigenvalue weighted by molar-refractivity contribution is 5.86. The zero-order chi connectivity index (χ0) is 12.1. The minimum Gasteiger partial charge on any atom is -0.324 e. The molecule has 1 atom stereocenters. The topological polar surface area (TPSA) is 38.0 Å². The second kappa shape index (κ2) is 5.80. The lowest BCUT2D eigenvalue weighted by Crippen LogP contribution is -2.14. The summed E-state index contributed by atoms with van der Waals surface area (Å²) in [5.74, 6) is 0. The standard InChI is InChI=1S/C15H20N2/c1-17-11-5-10-15(16)14-9-4-7-12-6-2-3-8-13(12)14/h2-4,6-9,15,17H,5,10-11,16H2,1H3. The highest BCUT2D eigenvalue weighted by Crippen LogP contribution is 2.25. The fraction of sp³-hybridized carbons (Fsp3) is 0.333. The van der Waals surface area contributed by atoms with Crippen LogP contribution in [0.2, 0.25) is 0 Å². The van der Waals surface area contributed by atoms with Gasteiger partial charge in [-0.05, 0) is 42.8 Å². The van der Waals surface area contributed by atoms with Crippen molar-refractivity contribution < 1.29 is 0 Å². The maximum absolute atomic E-state index is 6.27. The lowest BCUT2D eigenvalue weighted by atomic mass is 9.96. The Morgan fingerprint density at radius 2 is 1.88 bits per heavy atom. The summed E-state index contributed by atoms with van der Waals surface area (Å²) in [6.07, 6.45) is 2.13. The SMILES string of the molecule is CNCCCC(N)c1cccc2ccccc12. The summed E-state index contributed by atoms with van der Waals surface area (Å²) in [4.78, 5) is 0. The summed E-state index contributed by atoms with van der Waals surface area (Å²) in [6, 6.07) is 14.9. The van der Waals surface area contributed by atoms with E-state index in [9.17, 15) is 0 Å². The van der Waals surface area contributed by atoms with E-state index >= 15 is 0 Å². The fourth-order valence-electron chi connectivity index (χ4n) is 2.23. The van der Waals surface area contributed by atoms with Crippen LogP contribution in [0.3, 0.4) is 0 Å². The molecule has 0 bridgehead atoms. The maximum Gasteiger partial charge on any atom is 0.0301 e. The van der Waals surface area contributed by atoms with Gasteiger partial charge in [-0.3, -0.25) is 0 Å². The number of fused-ring (bicyclic) bond motifs is 1. The van der Waals surface area contributed by atoms with E-state index in [1.807, 2.05) is 7.05 Å². The Morgan fingerprint density at radius 1 is 1.12 bits per heavy atom. The summed E-state index contributed by atoms with van der Waals surface area (Å²) in [6.45, 7) is 1.03. The first-order chi connectivity index (χ1) is 8.33. The van der Waals surface area contributed by atoms with Crippen LogP contribution in [-0.2, 0) is 0 Å². The van der Waals surface area contributed by atoms with Crippen molar-refractivity contribution in [2.75, 3.05) is 13.6 Å². The van der Waals surface area contributed by atoms with Crippen molar-refractivity contribution in [3.63, 3.8) is 0 Å². The molecular formula is C15H20N2. The van der Waals surface area contributed by atoms with Gasteiger partial charge in [0.05, 0.1) is 0 Å². The number of rotatable bonds is 5. The predicted molar refractivity (Wildman–Crippen MR) is 74.0 cm³/mol. The molecule has 0 amide bonds. The van der Waals surface area contributed by atoms with Crippen LogP contribution in [0.15, 0.2) is 42.5 Å². The van der Waals surface area contributed by atoms with E-state index in [1.165, 1.54) is 16.3 Å². The fourth-order valence-corrected chi connectivity index (χ4v) is 2.23. The molecule has 0 spiro atoms. The van der Waals surface area contributed by atoms with Crippen molar-refractivity contribution in [3.8, 4) is 0 Å². The molecule has 0 saturated carbocycles. The Kier molecular flexibility index (Phi) is 4.13. The van der Waals surface area contributed by atoms with Crippen molar-refractivity contribution in [1.29, 1.82) is 0 Å². The van der Waals surface area contributed by atoms with Crippen molar-refractivity contribution in [2.24, 2.45) is 5.73 Å². The van der Waals surface area contributed by atoms with Gasteiger partial charge in [0.15, 0.2) is 0 Å². The zero-order valence-corrected chi connectivity index (χ0v) is 10.3. The third kappa shape index (κ3) is 2.84. The van der Waals surface area contributed by atoms with Gasteiger partial charge in [0, 0.05) is 6.04 Å². The number of nitrogens with one attached hydrogen (secondary N) is 1. The highest BCUT2D eigenvalue weighted by Gasteiger charge is 2.08. The smallest absolute Gasteiger partial charge is 0.0301 e. The number of benzene rings is 2. The van der Waals surface area contributed by atoms with Crippen LogP contribution in [0.4, 0.5) is 0 Å². The summed E-state index contributed by atoms with van der Waals surface area (Å²) < 4.78 is 0. The van der Waals surface area contributed by atoms with Gasteiger partial charge in [-0.2, -0.15) is 0 Å². The Balaban J connectivity index is 2.22. The van der Waals surface area contributed by atoms with E-state index in [0.717, 1.165) is 19.4 Å². The van der Waals surface area contributed by atoms with E-state index in [-0.39, 0.29) is 6.04 Å². The molecular weight excluding hydrogens is 208 g/mol. The largest absolute Gasteiger partial charge is 0.324 e. The first-order valence-electron chi connectivity index (χ1n) is 6.21. The van der Waals surface area contributed by atoms with Crippen LogP contribution in [0.1, 0.15) is 24.4 Å². The van der Waals surface area contributed by atoms with E-state index in [4.69, 9.17) is 5.73 Å². The van der Waals surface area contributed by atoms with Crippen molar-refractivity contribution >= 4 is 10.8 Å². The Hall–Kier alpha value is -1.38.